The Morgan fingerprint density at radius 2 is 1.88 bits per heavy atom. The fourth-order valence-corrected chi connectivity index (χ4v) is 2.66. The summed E-state index contributed by atoms with van der Waals surface area (Å²) in [7, 11) is 0. The van der Waals surface area contributed by atoms with Gasteiger partial charge < -0.3 is 5.11 Å². The van der Waals surface area contributed by atoms with Crippen LogP contribution in [-0.4, -0.2) is 36.6 Å². The maximum absolute atomic E-state index is 12.9. The van der Waals surface area contributed by atoms with Crippen molar-refractivity contribution in [2.24, 2.45) is 0 Å². The van der Waals surface area contributed by atoms with E-state index in [0.717, 1.165) is 5.56 Å². The van der Waals surface area contributed by atoms with Crippen LogP contribution in [0.2, 0.25) is 0 Å². The zero-order valence-corrected chi connectivity index (χ0v) is 12.9. The van der Waals surface area contributed by atoms with E-state index >= 15 is 0 Å². The Morgan fingerprint density at radius 1 is 1.21 bits per heavy atom. The number of carbonyl (C=O) groups excluding carboxylic acids is 1. The van der Waals surface area contributed by atoms with E-state index in [2.05, 4.69) is 15.1 Å². The molecule has 0 spiro atoms. The summed E-state index contributed by atoms with van der Waals surface area (Å²) in [4.78, 5) is 29.9. The molecule has 0 amide bonds. The summed E-state index contributed by atoms with van der Waals surface area (Å²) in [6.07, 6.45) is 1.87. The number of halogens is 1. The average Bonchev–Trinajstić information content (AvgIpc) is 2.86. The molecule has 122 valence electrons. The van der Waals surface area contributed by atoms with Crippen molar-refractivity contribution in [3.63, 3.8) is 0 Å². The van der Waals surface area contributed by atoms with E-state index in [-0.39, 0.29) is 18.0 Å². The van der Waals surface area contributed by atoms with E-state index in [9.17, 15) is 14.0 Å². The van der Waals surface area contributed by atoms with Crippen molar-refractivity contribution >= 4 is 22.7 Å². The summed E-state index contributed by atoms with van der Waals surface area (Å²) in [5, 5.41) is 13.7. The van der Waals surface area contributed by atoms with Crippen LogP contribution in [0.4, 0.5) is 4.39 Å². The predicted molar refractivity (Wildman–Crippen MR) is 83.1 cm³/mol. The molecule has 1 aromatic carbocycles. The van der Waals surface area contributed by atoms with Crippen LogP contribution in [-0.2, 0) is 11.3 Å². The standard InChI is InChI=1S/C16H13FN4O3/c1-8-3-10(11-5-18-16(17)19-6-11)4-12-14(9(2)22)20-21(15(8)12)7-13(23)24/h3-6H,7H2,1-2H3,(H,23,24). The van der Waals surface area contributed by atoms with Crippen LogP contribution in [0.5, 0.6) is 0 Å². The molecule has 24 heavy (non-hydrogen) atoms. The summed E-state index contributed by atoms with van der Waals surface area (Å²) >= 11 is 0. The monoisotopic (exact) mass is 328 g/mol. The Morgan fingerprint density at radius 3 is 2.46 bits per heavy atom. The quantitative estimate of drug-likeness (QED) is 0.582. The summed E-state index contributed by atoms with van der Waals surface area (Å²) in [6, 6.07) is 3.50. The molecule has 3 aromatic rings. The number of fused-ring (bicyclic) bond motifs is 1. The molecule has 0 fully saturated rings. The van der Waals surface area contributed by atoms with Crippen LogP contribution in [0.1, 0.15) is 23.0 Å². The number of hydrogen-bond acceptors (Lipinski definition) is 5. The maximum Gasteiger partial charge on any atom is 0.325 e. The van der Waals surface area contributed by atoms with Gasteiger partial charge in [-0.05, 0) is 30.2 Å². The van der Waals surface area contributed by atoms with Crippen LogP contribution in [0.15, 0.2) is 24.5 Å². The highest BCUT2D eigenvalue weighted by molar-refractivity contribution is 6.06. The minimum Gasteiger partial charge on any atom is -0.480 e. The van der Waals surface area contributed by atoms with E-state index in [4.69, 9.17) is 5.11 Å². The third-order valence-corrected chi connectivity index (χ3v) is 3.61. The number of carboxylic acids is 1. The number of carbonyl (C=O) groups is 2. The van der Waals surface area contributed by atoms with Gasteiger partial charge in [-0.1, -0.05) is 0 Å². The molecule has 2 aromatic heterocycles. The minimum absolute atomic E-state index is 0.194. The zero-order chi connectivity index (χ0) is 17.4. The first-order valence-electron chi connectivity index (χ1n) is 7.08. The van der Waals surface area contributed by atoms with Gasteiger partial charge in [-0.15, -0.1) is 0 Å². The highest BCUT2D eigenvalue weighted by Gasteiger charge is 2.18. The normalized spacial score (nSPS) is 11.0. The summed E-state index contributed by atoms with van der Waals surface area (Å²) in [6.45, 7) is 2.82. The lowest BCUT2D eigenvalue weighted by Gasteiger charge is -2.06. The molecule has 1 N–H and O–H groups in total. The lowest BCUT2D eigenvalue weighted by molar-refractivity contribution is -0.137. The van der Waals surface area contributed by atoms with Gasteiger partial charge in [-0.3, -0.25) is 14.3 Å². The van der Waals surface area contributed by atoms with E-state index in [1.807, 2.05) is 0 Å². The van der Waals surface area contributed by atoms with Crippen molar-refractivity contribution in [1.29, 1.82) is 0 Å². The highest BCUT2D eigenvalue weighted by Crippen LogP contribution is 2.29. The first kappa shape index (κ1) is 15.7. The highest BCUT2D eigenvalue weighted by atomic mass is 19.1. The number of ketones is 1. The smallest absolute Gasteiger partial charge is 0.325 e. The third kappa shape index (κ3) is 2.73. The van der Waals surface area contributed by atoms with Crippen LogP contribution >= 0.6 is 0 Å². The maximum atomic E-state index is 12.9. The molecule has 0 aliphatic heterocycles. The lowest BCUT2D eigenvalue weighted by atomic mass is 10.0. The van der Waals surface area contributed by atoms with Gasteiger partial charge in [0.15, 0.2) is 5.78 Å². The molecule has 3 rings (SSSR count). The number of Topliss-reactive ketones (excluding diaryl/α,β-unsaturated/α-hetero) is 1. The molecule has 0 unspecified atom stereocenters. The molecule has 0 saturated heterocycles. The Labute approximate surface area is 135 Å². The Kier molecular flexibility index (Phi) is 3.80. The van der Waals surface area contributed by atoms with Gasteiger partial charge in [0.25, 0.3) is 0 Å². The van der Waals surface area contributed by atoms with Gasteiger partial charge >= 0.3 is 12.0 Å². The first-order chi connectivity index (χ1) is 11.4. The summed E-state index contributed by atoms with van der Waals surface area (Å²) < 4.78 is 14.2. The van der Waals surface area contributed by atoms with E-state index in [0.29, 0.717) is 22.0 Å². The van der Waals surface area contributed by atoms with E-state index < -0.39 is 12.0 Å². The largest absolute Gasteiger partial charge is 0.480 e. The second-order valence-electron chi connectivity index (χ2n) is 5.39. The predicted octanol–water partition coefficient (Wildman–Crippen LogP) is 2.23. The van der Waals surface area contributed by atoms with E-state index in [1.54, 1.807) is 19.1 Å². The van der Waals surface area contributed by atoms with Crippen LogP contribution < -0.4 is 0 Å². The molecule has 0 aliphatic carbocycles. The topological polar surface area (TPSA) is 98.0 Å². The Bertz CT molecular complexity index is 964. The van der Waals surface area contributed by atoms with Gasteiger partial charge in [0.1, 0.15) is 12.2 Å². The molecule has 0 radical (unpaired) electrons. The van der Waals surface area contributed by atoms with Crippen molar-refractivity contribution in [2.45, 2.75) is 20.4 Å². The molecule has 0 bridgehead atoms. The van der Waals surface area contributed by atoms with Crippen molar-refractivity contribution in [3.8, 4) is 11.1 Å². The molecule has 2 heterocycles. The number of aromatic nitrogens is 4. The second kappa shape index (κ2) is 5.80. The number of carboxylic acid groups (broad SMARTS) is 1. The Hall–Kier alpha value is -3.16. The molecule has 7 nitrogen and oxygen atoms in total. The van der Waals surface area contributed by atoms with E-state index in [1.165, 1.54) is 24.0 Å². The molecule has 8 heteroatoms. The van der Waals surface area contributed by atoms with Gasteiger partial charge in [0.2, 0.25) is 0 Å². The third-order valence-electron chi connectivity index (χ3n) is 3.61. The molecule has 0 saturated carbocycles. The lowest BCUT2D eigenvalue weighted by Crippen LogP contribution is -2.11. The molecular formula is C16H13FN4O3. The molecular weight excluding hydrogens is 315 g/mol. The SMILES string of the molecule is CC(=O)c1nn(CC(=O)O)c2c(C)cc(-c3cnc(F)nc3)cc12. The fraction of sp³-hybridized carbons (Fsp3) is 0.188. The number of hydrogen-bond donors (Lipinski definition) is 1. The van der Waals surface area contributed by atoms with Crippen LogP contribution in [0.25, 0.3) is 22.0 Å². The Balaban J connectivity index is 2.26. The van der Waals surface area contributed by atoms with Gasteiger partial charge in [0.05, 0.1) is 5.52 Å². The minimum atomic E-state index is -1.05. The number of nitrogens with zero attached hydrogens (tertiary/aromatic N) is 4. The second-order valence-corrected chi connectivity index (χ2v) is 5.39. The number of benzene rings is 1. The number of rotatable bonds is 4. The van der Waals surface area contributed by atoms with Crippen molar-refractivity contribution in [1.82, 2.24) is 19.7 Å². The van der Waals surface area contributed by atoms with Crippen molar-refractivity contribution in [2.75, 3.05) is 0 Å². The molecule has 0 aliphatic rings. The average molecular weight is 328 g/mol. The van der Waals surface area contributed by atoms with Gasteiger partial charge in [-0.2, -0.15) is 9.49 Å². The zero-order valence-electron chi connectivity index (χ0n) is 12.9. The van der Waals surface area contributed by atoms with Crippen LogP contribution in [0.3, 0.4) is 0 Å². The fourth-order valence-electron chi connectivity index (χ4n) is 2.66. The van der Waals surface area contributed by atoms with Gasteiger partial charge in [0, 0.05) is 30.3 Å². The van der Waals surface area contributed by atoms with Crippen molar-refractivity contribution in [3.05, 3.63) is 41.9 Å². The number of aryl methyl sites for hydroxylation is 1. The summed E-state index contributed by atoms with van der Waals surface area (Å²) in [5.41, 5.74) is 2.79. The summed E-state index contributed by atoms with van der Waals surface area (Å²) in [5.74, 6) is -1.32. The number of aliphatic carboxylic acids is 1. The first-order valence-corrected chi connectivity index (χ1v) is 7.08. The van der Waals surface area contributed by atoms with Gasteiger partial charge in [-0.25, -0.2) is 9.97 Å². The van der Waals surface area contributed by atoms with Crippen LogP contribution in [0, 0.1) is 13.0 Å². The van der Waals surface area contributed by atoms with Crippen molar-refractivity contribution < 1.29 is 19.1 Å². The molecule has 0 atom stereocenters.